The third kappa shape index (κ3) is 2.92. The van der Waals surface area contributed by atoms with E-state index in [0.29, 0.717) is 28.6 Å². The molecular formula is C19H15N5O2S. The van der Waals surface area contributed by atoms with Crippen molar-refractivity contribution in [3.05, 3.63) is 64.4 Å². The summed E-state index contributed by atoms with van der Waals surface area (Å²) in [6, 6.07) is 17.0. The smallest absolute Gasteiger partial charge is 0.263 e. The number of ether oxygens (including phenoxy) is 1. The van der Waals surface area contributed by atoms with Crippen LogP contribution >= 0.6 is 11.8 Å². The van der Waals surface area contributed by atoms with Crippen molar-refractivity contribution in [2.75, 3.05) is 12.9 Å². The minimum absolute atomic E-state index is 0.145. The van der Waals surface area contributed by atoms with Gasteiger partial charge in [0.1, 0.15) is 5.75 Å². The molecule has 7 nitrogen and oxygen atoms in total. The molecule has 2 aromatic heterocycles. The molecule has 0 saturated carbocycles. The van der Waals surface area contributed by atoms with Gasteiger partial charge in [-0.1, -0.05) is 42.1 Å². The lowest BCUT2D eigenvalue weighted by atomic mass is 10.2. The van der Waals surface area contributed by atoms with Gasteiger partial charge in [-0.25, -0.2) is 0 Å². The Morgan fingerprint density at radius 2 is 1.93 bits per heavy atom. The molecule has 0 aliphatic carbocycles. The Kier molecular flexibility index (Phi) is 4.52. The quantitative estimate of drug-likeness (QED) is 0.497. The average Bonchev–Trinajstić information content (AvgIpc) is 3.13. The Morgan fingerprint density at radius 3 is 2.74 bits per heavy atom. The summed E-state index contributed by atoms with van der Waals surface area (Å²) >= 11 is 1.29. The summed E-state index contributed by atoms with van der Waals surface area (Å²) in [6.45, 7) is 0.304. The molecule has 0 atom stereocenters. The van der Waals surface area contributed by atoms with E-state index < -0.39 is 0 Å². The number of nitrogens with zero attached hydrogens (tertiary/aromatic N) is 5. The molecule has 27 heavy (non-hydrogen) atoms. The van der Waals surface area contributed by atoms with E-state index in [1.54, 1.807) is 17.7 Å². The molecule has 4 aromatic rings. The van der Waals surface area contributed by atoms with Gasteiger partial charge in [0, 0.05) is 5.56 Å². The number of hydrogen-bond donors (Lipinski definition) is 0. The number of nitriles is 1. The van der Waals surface area contributed by atoms with Gasteiger partial charge >= 0.3 is 0 Å². The molecule has 0 amide bonds. The number of hydrogen-bond acceptors (Lipinski definition) is 6. The number of fused-ring (bicyclic) bond motifs is 3. The molecule has 134 valence electrons. The predicted octanol–water partition coefficient (Wildman–Crippen LogP) is 2.72. The number of aromatic nitrogens is 4. The fourth-order valence-corrected chi connectivity index (χ4v) is 3.67. The fraction of sp³-hybridized carbons (Fsp3) is 0.158. The summed E-state index contributed by atoms with van der Waals surface area (Å²) in [7, 11) is 1.60. The molecule has 0 unspecified atom stereocenters. The maximum Gasteiger partial charge on any atom is 0.263 e. The Labute approximate surface area is 158 Å². The fourth-order valence-electron chi connectivity index (χ4n) is 3.07. The van der Waals surface area contributed by atoms with Crippen molar-refractivity contribution in [1.29, 1.82) is 5.26 Å². The Morgan fingerprint density at radius 1 is 1.15 bits per heavy atom. The second-order valence-corrected chi connectivity index (χ2v) is 6.73. The van der Waals surface area contributed by atoms with Gasteiger partial charge in [-0.3, -0.25) is 13.8 Å². The molecule has 0 aliphatic rings. The summed E-state index contributed by atoms with van der Waals surface area (Å²) < 4.78 is 8.83. The van der Waals surface area contributed by atoms with Gasteiger partial charge < -0.3 is 4.74 Å². The van der Waals surface area contributed by atoms with Crippen molar-refractivity contribution in [2.24, 2.45) is 0 Å². The highest BCUT2D eigenvalue weighted by Gasteiger charge is 2.17. The van der Waals surface area contributed by atoms with Gasteiger partial charge in [-0.15, -0.1) is 10.2 Å². The van der Waals surface area contributed by atoms with Gasteiger partial charge in [-0.2, -0.15) is 5.26 Å². The van der Waals surface area contributed by atoms with Crippen molar-refractivity contribution in [3.8, 4) is 11.8 Å². The highest BCUT2D eigenvalue weighted by molar-refractivity contribution is 7.99. The first-order chi connectivity index (χ1) is 13.2. The number of para-hydroxylation sites is 2. The van der Waals surface area contributed by atoms with E-state index in [-0.39, 0.29) is 11.3 Å². The molecule has 0 spiro atoms. The first kappa shape index (κ1) is 17.1. The summed E-state index contributed by atoms with van der Waals surface area (Å²) in [5.74, 6) is 1.39. The van der Waals surface area contributed by atoms with Crippen LogP contribution in [0.2, 0.25) is 0 Å². The molecule has 0 radical (unpaired) electrons. The first-order valence-electron chi connectivity index (χ1n) is 8.23. The van der Waals surface area contributed by atoms with Crippen LogP contribution < -0.4 is 10.3 Å². The van der Waals surface area contributed by atoms with Crippen LogP contribution in [0.3, 0.4) is 0 Å². The molecular weight excluding hydrogens is 362 g/mol. The zero-order chi connectivity index (χ0) is 18.8. The van der Waals surface area contributed by atoms with E-state index in [2.05, 4.69) is 16.3 Å². The number of rotatable bonds is 5. The predicted molar refractivity (Wildman–Crippen MR) is 103 cm³/mol. The lowest BCUT2D eigenvalue weighted by Gasteiger charge is -2.13. The van der Waals surface area contributed by atoms with Crippen LogP contribution in [0.25, 0.3) is 16.7 Å². The van der Waals surface area contributed by atoms with Crippen LogP contribution in [0.1, 0.15) is 5.56 Å². The molecule has 0 bridgehead atoms. The summed E-state index contributed by atoms with van der Waals surface area (Å²) in [5, 5.41) is 18.5. The van der Waals surface area contributed by atoms with Crippen molar-refractivity contribution in [2.45, 2.75) is 11.7 Å². The van der Waals surface area contributed by atoms with E-state index in [9.17, 15) is 4.79 Å². The van der Waals surface area contributed by atoms with Crippen molar-refractivity contribution >= 4 is 28.4 Å². The van der Waals surface area contributed by atoms with Crippen LogP contribution in [0.15, 0.2) is 58.5 Å². The third-order valence-electron chi connectivity index (χ3n) is 4.27. The van der Waals surface area contributed by atoms with E-state index in [1.807, 2.05) is 46.9 Å². The number of methoxy groups -OCH3 is 1. The number of thioether (sulfide) groups is 1. The maximum atomic E-state index is 13.2. The minimum Gasteiger partial charge on any atom is -0.496 e. The number of benzene rings is 2. The largest absolute Gasteiger partial charge is 0.496 e. The molecule has 0 fully saturated rings. The second kappa shape index (κ2) is 7.13. The molecule has 8 heteroatoms. The zero-order valence-corrected chi connectivity index (χ0v) is 15.3. The van der Waals surface area contributed by atoms with Crippen LogP contribution in [-0.4, -0.2) is 32.0 Å². The second-order valence-electron chi connectivity index (χ2n) is 5.79. The van der Waals surface area contributed by atoms with Gasteiger partial charge in [0.05, 0.1) is 36.4 Å². The van der Waals surface area contributed by atoms with E-state index in [1.165, 1.54) is 11.8 Å². The SMILES string of the molecule is COc1ccccc1Cn1c(=O)c2ccccc2n2c(SCC#N)nnc12. The standard InChI is InChI=1S/C19H15N5O2S/c1-26-16-9-5-2-6-13(16)12-23-17(25)14-7-3-4-8-15(14)24-18(23)21-22-19(24)27-11-10-20/h2-9H,11-12H2,1H3. The summed E-state index contributed by atoms with van der Waals surface area (Å²) in [5.41, 5.74) is 1.45. The van der Waals surface area contributed by atoms with E-state index >= 15 is 0 Å². The first-order valence-corrected chi connectivity index (χ1v) is 9.21. The summed E-state index contributed by atoms with van der Waals surface area (Å²) in [6.07, 6.45) is 0. The normalized spacial score (nSPS) is 11.0. The van der Waals surface area contributed by atoms with Crippen LogP contribution in [0, 0.1) is 11.3 Å². The lowest BCUT2D eigenvalue weighted by molar-refractivity contribution is 0.408. The van der Waals surface area contributed by atoms with Crippen molar-refractivity contribution in [3.63, 3.8) is 0 Å². The van der Waals surface area contributed by atoms with Crippen LogP contribution in [-0.2, 0) is 6.54 Å². The Balaban J connectivity index is 1.99. The molecule has 0 N–H and O–H groups in total. The van der Waals surface area contributed by atoms with Crippen molar-refractivity contribution in [1.82, 2.24) is 19.2 Å². The molecule has 0 saturated heterocycles. The van der Waals surface area contributed by atoms with Crippen LogP contribution in [0.4, 0.5) is 0 Å². The maximum absolute atomic E-state index is 13.2. The van der Waals surface area contributed by atoms with Gasteiger partial charge in [0.2, 0.25) is 5.78 Å². The molecule has 4 rings (SSSR count). The molecule has 2 heterocycles. The van der Waals surface area contributed by atoms with Crippen molar-refractivity contribution < 1.29 is 4.74 Å². The minimum atomic E-state index is -0.145. The topological polar surface area (TPSA) is 85.2 Å². The Hall–Kier alpha value is -3.31. The van der Waals surface area contributed by atoms with Crippen LogP contribution in [0.5, 0.6) is 5.75 Å². The van der Waals surface area contributed by atoms with E-state index in [4.69, 9.17) is 10.00 Å². The molecule has 0 aliphatic heterocycles. The summed E-state index contributed by atoms with van der Waals surface area (Å²) in [4.78, 5) is 13.2. The monoisotopic (exact) mass is 377 g/mol. The average molecular weight is 377 g/mol. The zero-order valence-electron chi connectivity index (χ0n) is 14.5. The van der Waals surface area contributed by atoms with Gasteiger partial charge in [0.15, 0.2) is 5.16 Å². The van der Waals surface area contributed by atoms with Gasteiger partial charge in [0.25, 0.3) is 5.56 Å². The molecule has 2 aromatic carbocycles. The highest BCUT2D eigenvalue weighted by atomic mass is 32.2. The highest BCUT2D eigenvalue weighted by Crippen LogP contribution is 2.23. The third-order valence-corrected chi connectivity index (χ3v) is 5.06. The van der Waals surface area contributed by atoms with Gasteiger partial charge in [-0.05, 0) is 18.2 Å². The van der Waals surface area contributed by atoms with E-state index in [0.717, 1.165) is 11.1 Å². The lowest BCUT2D eigenvalue weighted by Crippen LogP contribution is -2.24. The Bertz CT molecular complexity index is 1240.